The third kappa shape index (κ3) is 2.48. The van der Waals surface area contributed by atoms with E-state index >= 15 is 0 Å². The number of carbonyl (C=O) groups is 3. The van der Waals surface area contributed by atoms with Crippen molar-refractivity contribution < 1.29 is 14.4 Å². The second kappa shape index (κ2) is 7.51. The number of hydrogen-bond acceptors (Lipinski definition) is 4. The molecule has 4 aliphatic heterocycles. The topological polar surface area (TPSA) is 78.5 Å². The molecule has 0 bridgehead atoms. The third-order valence-electron chi connectivity index (χ3n) is 8.47. The van der Waals surface area contributed by atoms with Crippen LogP contribution in [-0.4, -0.2) is 35.1 Å². The first-order valence-electron chi connectivity index (χ1n) is 12.0. The van der Waals surface area contributed by atoms with Gasteiger partial charge in [-0.25, -0.2) is 0 Å². The highest BCUT2D eigenvalue weighted by Gasteiger charge is 2.81. The Balaban J connectivity index is 1.59. The molecule has 2 N–H and O–H groups in total. The van der Waals surface area contributed by atoms with Gasteiger partial charge in [-0.2, -0.15) is 0 Å². The van der Waals surface area contributed by atoms with Crippen molar-refractivity contribution in [3.63, 3.8) is 0 Å². The molecule has 3 aromatic rings. The summed E-state index contributed by atoms with van der Waals surface area (Å²) in [4.78, 5) is 45.2. The number of nitrogens with zero attached hydrogens (tertiary/aromatic N) is 1. The summed E-state index contributed by atoms with van der Waals surface area (Å²) >= 11 is 9.93. The van der Waals surface area contributed by atoms with Gasteiger partial charge in [0.1, 0.15) is 11.0 Å². The number of fused-ring (bicyclic) bond motifs is 7. The molecule has 8 heteroatoms. The highest BCUT2D eigenvalue weighted by Crippen LogP contribution is 2.68. The van der Waals surface area contributed by atoms with Crippen molar-refractivity contribution >= 4 is 56.5 Å². The molecule has 0 aliphatic carbocycles. The van der Waals surface area contributed by atoms with Crippen molar-refractivity contribution in [1.82, 2.24) is 4.90 Å². The van der Waals surface area contributed by atoms with Crippen LogP contribution < -0.4 is 10.6 Å². The minimum Gasteiger partial charge on any atom is -0.325 e. The maximum absolute atomic E-state index is 14.5. The molecule has 180 valence electrons. The van der Waals surface area contributed by atoms with Gasteiger partial charge < -0.3 is 10.6 Å². The van der Waals surface area contributed by atoms with E-state index in [1.54, 1.807) is 30.3 Å². The Kier molecular flexibility index (Phi) is 4.63. The second-order valence-corrected chi connectivity index (χ2v) is 11.3. The monoisotopic (exact) mass is 561 g/mol. The smallest absolute Gasteiger partial charge is 0.251 e. The van der Waals surface area contributed by atoms with E-state index in [9.17, 15) is 14.4 Å². The van der Waals surface area contributed by atoms with E-state index in [1.807, 2.05) is 36.4 Å². The molecule has 36 heavy (non-hydrogen) atoms. The predicted molar refractivity (Wildman–Crippen MR) is 140 cm³/mol. The van der Waals surface area contributed by atoms with Crippen LogP contribution in [0.15, 0.2) is 71.2 Å². The highest BCUT2D eigenvalue weighted by molar-refractivity contribution is 9.10. The Hall–Kier alpha value is -3.00. The first-order valence-corrected chi connectivity index (χ1v) is 13.2. The van der Waals surface area contributed by atoms with Crippen LogP contribution in [0.5, 0.6) is 0 Å². The van der Waals surface area contributed by atoms with Crippen molar-refractivity contribution in [1.29, 1.82) is 0 Å². The fourth-order valence-corrected chi connectivity index (χ4v) is 7.78. The number of rotatable bonds is 2. The number of amides is 2. The van der Waals surface area contributed by atoms with Crippen molar-refractivity contribution in [2.75, 3.05) is 17.2 Å². The number of anilines is 2. The number of nitrogens with one attached hydrogen (secondary N) is 2. The zero-order chi connectivity index (χ0) is 24.8. The fourth-order valence-electron chi connectivity index (χ4n) is 7.34. The molecule has 4 atom stereocenters. The Bertz CT molecular complexity index is 1490. The number of para-hydroxylation sites is 1. The van der Waals surface area contributed by atoms with Gasteiger partial charge in [-0.05, 0) is 61.3 Å². The van der Waals surface area contributed by atoms with Gasteiger partial charge >= 0.3 is 0 Å². The summed E-state index contributed by atoms with van der Waals surface area (Å²) in [6.07, 6.45) is 1.55. The maximum atomic E-state index is 14.5. The van der Waals surface area contributed by atoms with E-state index in [4.69, 9.17) is 11.6 Å². The molecular formula is C28H21BrClN3O3. The molecule has 2 saturated heterocycles. The summed E-state index contributed by atoms with van der Waals surface area (Å²) in [6, 6.07) is 19.7. The Morgan fingerprint density at radius 3 is 2.47 bits per heavy atom. The van der Waals surface area contributed by atoms with Crippen LogP contribution in [0.1, 0.15) is 34.3 Å². The minimum absolute atomic E-state index is 0.133. The van der Waals surface area contributed by atoms with Crippen LogP contribution >= 0.6 is 27.5 Å². The summed E-state index contributed by atoms with van der Waals surface area (Å²) in [7, 11) is 0. The van der Waals surface area contributed by atoms with Gasteiger partial charge in [0.25, 0.3) is 5.91 Å². The molecule has 0 radical (unpaired) electrons. The molecule has 2 spiro atoms. The van der Waals surface area contributed by atoms with Crippen LogP contribution in [0.25, 0.3) is 0 Å². The lowest BCUT2D eigenvalue weighted by atomic mass is 9.57. The molecule has 0 saturated carbocycles. The SMILES string of the molecule is O=C(c1ccc(Br)cc1)[C@@H]1[C@@H]2CCCN2[C@@]2(C(=O)Nc3ccc(Cl)cc32)[C@]12C(=O)Nc1ccccc12. The van der Waals surface area contributed by atoms with Crippen molar-refractivity contribution in [3.05, 3.63) is 92.9 Å². The molecule has 4 heterocycles. The Labute approximate surface area is 221 Å². The van der Waals surface area contributed by atoms with Crippen LogP contribution in [-0.2, 0) is 20.5 Å². The van der Waals surface area contributed by atoms with Gasteiger partial charge in [-0.15, -0.1) is 0 Å². The van der Waals surface area contributed by atoms with E-state index in [-0.39, 0.29) is 23.6 Å². The molecular weight excluding hydrogens is 542 g/mol. The van der Waals surface area contributed by atoms with Crippen molar-refractivity contribution in [2.45, 2.75) is 29.8 Å². The van der Waals surface area contributed by atoms with Crippen LogP contribution in [0.4, 0.5) is 11.4 Å². The zero-order valence-electron chi connectivity index (χ0n) is 19.1. The second-order valence-electron chi connectivity index (χ2n) is 9.91. The maximum Gasteiger partial charge on any atom is 0.251 e. The van der Waals surface area contributed by atoms with Gasteiger partial charge in [0.15, 0.2) is 5.78 Å². The van der Waals surface area contributed by atoms with Gasteiger partial charge in [-0.3, -0.25) is 19.3 Å². The summed E-state index contributed by atoms with van der Waals surface area (Å²) in [6.45, 7) is 0.603. The van der Waals surface area contributed by atoms with E-state index in [2.05, 4.69) is 31.5 Å². The number of ketones is 1. The predicted octanol–water partition coefficient (Wildman–Crippen LogP) is 5.12. The summed E-state index contributed by atoms with van der Waals surface area (Å²) in [5.74, 6) is -1.51. The number of hydrogen-bond donors (Lipinski definition) is 2. The number of Topliss-reactive ketones (excluding diaryl/α,β-unsaturated/α-hetero) is 1. The van der Waals surface area contributed by atoms with Crippen molar-refractivity contribution in [2.24, 2.45) is 5.92 Å². The molecule has 0 unspecified atom stereocenters. The average molecular weight is 563 g/mol. The summed E-state index contributed by atoms with van der Waals surface area (Å²) in [5, 5.41) is 6.56. The molecule has 7 rings (SSSR count). The summed E-state index contributed by atoms with van der Waals surface area (Å²) in [5.41, 5.74) is 0.268. The molecule has 0 aromatic heterocycles. The van der Waals surface area contributed by atoms with Gasteiger partial charge in [0, 0.05) is 38.0 Å². The average Bonchev–Trinajstić information content (AvgIpc) is 3.58. The van der Waals surface area contributed by atoms with Crippen LogP contribution in [0.3, 0.4) is 0 Å². The fraction of sp³-hybridized carbons (Fsp3) is 0.250. The largest absolute Gasteiger partial charge is 0.325 e. The van der Waals surface area contributed by atoms with Crippen LogP contribution in [0.2, 0.25) is 5.02 Å². The van der Waals surface area contributed by atoms with Gasteiger partial charge in [-0.1, -0.05) is 57.9 Å². The third-order valence-corrected chi connectivity index (χ3v) is 9.23. The standard InChI is InChI=1S/C28H21BrClN3O3/c29-16-9-7-15(8-10-16)24(34)23-22-6-3-13-33(22)28(19-14-17(30)11-12-21(19)32-26(28)36)27(23)18-4-1-2-5-20(18)31-25(27)35/h1-2,4-5,7-12,14,22-23H,3,6,13H2,(H,31,35)(H,32,36)/t22-,23-,27-,28-/m0/s1. The Morgan fingerprint density at radius 1 is 0.944 bits per heavy atom. The highest BCUT2D eigenvalue weighted by atomic mass is 79.9. The van der Waals surface area contributed by atoms with Gasteiger partial charge in [0.2, 0.25) is 5.91 Å². The summed E-state index contributed by atoms with van der Waals surface area (Å²) < 4.78 is 0.863. The van der Waals surface area contributed by atoms with E-state index < -0.39 is 16.9 Å². The molecule has 3 aromatic carbocycles. The van der Waals surface area contributed by atoms with Crippen molar-refractivity contribution in [3.8, 4) is 0 Å². The van der Waals surface area contributed by atoms with Crippen LogP contribution in [0, 0.1) is 5.92 Å². The lowest BCUT2D eigenvalue weighted by molar-refractivity contribution is -0.137. The normalized spacial score (nSPS) is 29.8. The first kappa shape index (κ1) is 22.2. The Morgan fingerprint density at radius 2 is 1.67 bits per heavy atom. The molecule has 2 amide bonds. The number of benzene rings is 3. The quantitative estimate of drug-likeness (QED) is 0.425. The molecule has 2 fully saturated rings. The molecule has 4 aliphatic rings. The first-order chi connectivity index (χ1) is 17.4. The van der Waals surface area contributed by atoms with Gasteiger partial charge in [0.05, 0.1) is 5.92 Å². The minimum atomic E-state index is -1.46. The van der Waals surface area contributed by atoms with E-state index in [1.165, 1.54) is 0 Å². The molecule has 6 nitrogen and oxygen atoms in total. The number of halogens is 2. The number of carbonyl (C=O) groups excluding carboxylic acids is 3. The lowest BCUT2D eigenvalue weighted by Gasteiger charge is -2.43. The lowest BCUT2D eigenvalue weighted by Crippen LogP contribution is -2.62. The van der Waals surface area contributed by atoms with E-state index in [0.717, 1.165) is 17.3 Å². The van der Waals surface area contributed by atoms with E-state index in [0.29, 0.717) is 39.6 Å². The zero-order valence-corrected chi connectivity index (χ0v) is 21.4.